The molecule has 0 N–H and O–H groups in total. The van der Waals surface area contributed by atoms with Crippen molar-refractivity contribution >= 4 is 27.1 Å². The Morgan fingerprint density at radius 1 is 1.22 bits per heavy atom. The molecule has 0 unspecified atom stereocenters. The summed E-state index contributed by atoms with van der Waals surface area (Å²) in [5.74, 6) is 0.447. The molecular formula is C22H25FN4O3S2. The van der Waals surface area contributed by atoms with Gasteiger partial charge < -0.3 is 9.64 Å². The molecule has 10 heteroatoms. The Bertz CT molecular complexity index is 1170. The molecule has 2 aromatic heterocycles. The lowest BCUT2D eigenvalue weighted by Crippen LogP contribution is -2.34. The van der Waals surface area contributed by atoms with E-state index in [0.29, 0.717) is 5.92 Å². The zero-order chi connectivity index (χ0) is 22.7. The number of aromatic nitrogens is 3. The summed E-state index contributed by atoms with van der Waals surface area (Å²) < 4.78 is 42.8. The van der Waals surface area contributed by atoms with Gasteiger partial charge in [-0.1, -0.05) is 6.92 Å². The molecule has 3 aromatic rings. The van der Waals surface area contributed by atoms with Gasteiger partial charge in [0.25, 0.3) is 0 Å². The summed E-state index contributed by atoms with van der Waals surface area (Å²) in [7, 11) is -3.46. The molecule has 0 radical (unpaired) electrons. The van der Waals surface area contributed by atoms with E-state index in [1.807, 2.05) is 17.8 Å². The first-order chi connectivity index (χ1) is 15.3. The van der Waals surface area contributed by atoms with Crippen molar-refractivity contribution in [3.8, 4) is 5.75 Å². The van der Waals surface area contributed by atoms with Gasteiger partial charge in [0.1, 0.15) is 6.61 Å². The number of anilines is 1. The summed E-state index contributed by atoms with van der Waals surface area (Å²) in [5, 5.41) is 2.98. The van der Waals surface area contributed by atoms with Gasteiger partial charge >= 0.3 is 0 Å². The molecule has 32 heavy (non-hydrogen) atoms. The minimum absolute atomic E-state index is 0.00866. The predicted octanol–water partition coefficient (Wildman–Crippen LogP) is 4.00. The average Bonchev–Trinajstić information content (AvgIpc) is 3.27. The van der Waals surface area contributed by atoms with Gasteiger partial charge in [0.05, 0.1) is 15.6 Å². The van der Waals surface area contributed by atoms with Crippen LogP contribution in [0.2, 0.25) is 0 Å². The monoisotopic (exact) mass is 476 g/mol. The maximum Gasteiger partial charge on any atom is 0.225 e. The van der Waals surface area contributed by atoms with Crippen LogP contribution in [0, 0.1) is 5.82 Å². The predicted molar refractivity (Wildman–Crippen MR) is 122 cm³/mol. The van der Waals surface area contributed by atoms with Crippen molar-refractivity contribution in [1.29, 1.82) is 0 Å². The molecule has 1 saturated heterocycles. The smallest absolute Gasteiger partial charge is 0.225 e. The van der Waals surface area contributed by atoms with Crippen molar-refractivity contribution in [3.05, 3.63) is 58.1 Å². The van der Waals surface area contributed by atoms with Crippen molar-refractivity contribution in [3.63, 3.8) is 0 Å². The molecule has 1 aromatic carbocycles. The number of halogens is 1. The van der Waals surface area contributed by atoms with Gasteiger partial charge in [-0.25, -0.2) is 27.8 Å². The van der Waals surface area contributed by atoms with Gasteiger partial charge in [0.2, 0.25) is 5.95 Å². The SMILES string of the molecule is CCc1cnc(N2CCC(c3nc(COc4ccc(S(C)(=O)=O)cc4F)cs3)CC2)nc1. The first kappa shape index (κ1) is 22.6. The molecular weight excluding hydrogens is 451 g/mol. The fraction of sp³-hybridized carbons (Fsp3) is 0.409. The quantitative estimate of drug-likeness (QED) is 0.509. The van der Waals surface area contributed by atoms with E-state index in [1.54, 1.807) is 11.3 Å². The summed E-state index contributed by atoms with van der Waals surface area (Å²) in [6.07, 6.45) is 7.68. The third-order valence-electron chi connectivity index (χ3n) is 5.50. The third kappa shape index (κ3) is 5.24. The van der Waals surface area contributed by atoms with Crippen LogP contribution in [0.4, 0.5) is 10.3 Å². The number of piperidine rings is 1. The highest BCUT2D eigenvalue weighted by Gasteiger charge is 2.24. The number of benzene rings is 1. The standard InChI is InChI=1S/C22H25FN4O3S2/c1-3-15-11-24-22(25-12-15)27-8-6-16(7-9-27)21-26-17(14-31-21)13-30-20-5-4-18(10-19(20)23)32(2,28)29/h4-5,10-12,14,16H,3,6-9,13H2,1-2H3. The fourth-order valence-electron chi connectivity index (χ4n) is 3.58. The molecule has 1 fully saturated rings. The minimum Gasteiger partial charge on any atom is -0.484 e. The van der Waals surface area contributed by atoms with Crippen molar-refractivity contribution in [2.75, 3.05) is 24.2 Å². The molecule has 0 atom stereocenters. The number of ether oxygens (including phenoxy) is 1. The summed E-state index contributed by atoms with van der Waals surface area (Å²) in [5.41, 5.74) is 1.87. The maximum absolute atomic E-state index is 14.2. The first-order valence-corrected chi connectivity index (χ1v) is 13.2. The van der Waals surface area contributed by atoms with Gasteiger partial charge in [-0.3, -0.25) is 0 Å². The highest BCUT2D eigenvalue weighted by molar-refractivity contribution is 7.90. The van der Waals surface area contributed by atoms with Crippen LogP contribution in [0.15, 0.2) is 40.9 Å². The van der Waals surface area contributed by atoms with Crippen molar-refractivity contribution in [2.24, 2.45) is 0 Å². The molecule has 170 valence electrons. The first-order valence-electron chi connectivity index (χ1n) is 10.5. The fourth-order valence-corrected chi connectivity index (χ4v) is 5.19. The van der Waals surface area contributed by atoms with Crippen LogP contribution in [0.25, 0.3) is 0 Å². The molecule has 1 aliphatic heterocycles. The number of rotatable bonds is 7. The molecule has 0 amide bonds. The van der Waals surface area contributed by atoms with Crippen LogP contribution in [-0.2, 0) is 22.9 Å². The van der Waals surface area contributed by atoms with E-state index in [1.165, 1.54) is 12.1 Å². The zero-order valence-electron chi connectivity index (χ0n) is 18.0. The third-order valence-corrected chi connectivity index (χ3v) is 7.67. The van der Waals surface area contributed by atoms with E-state index < -0.39 is 15.7 Å². The number of nitrogens with zero attached hydrogens (tertiary/aromatic N) is 4. The van der Waals surface area contributed by atoms with Gasteiger partial charge in [-0.15, -0.1) is 11.3 Å². The normalized spacial score (nSPS) is 15.2. The summed E-state index contributed by atoms with van der Waals surface area (Å²) in [6, 6.07) is 3.65. The lowest BCUT2D eigenvalue weighted by molar-refractivity contribution is 0.285. The molecule has 4 rings (SSSR count). The molecule has 0 aliphatic carbocycles. The minimum atomic E-state index is -3.46. The second-order valence-electron chi connectivity index (χ2n) is 7.84. The Kier molecular flexibility index (Phi) is 6.71. The van der Waals surface area contributed by atoms with Gasteiger partial charge in [0.15, 0.2) is 21.4 Å². The number of hydrogen-bond donors (Lipinski definition) is 0. The second-order valence-corrected chi connectivity index (χ2v) is 10.7. The average molecular weight is 477 g/mol. The highest BCUT2D eigenvalue weighted by Crippen LogP contribution is 2.32. The van der Waals surface area contributed by atoms with Crippen molar-refractivity contribution in [1.82, 2.24) is 15.0 Å². The van der Waals surface area contributed by atoms with Gasteiger partial charge in [-0.05, 0) is 43.0 Å². The Hall–Kier alpha value is -2.59. The van der Waals surface area contributed by atoms with E-state index in [4.69, 9.17) is 4.74 Å². The van der Waals surface area contributed by atoms with Gasteiger partial charge in [-0.2, -0.15) is 0 Å². The molecule has 7 nitrogen and oxygen atoms in total. The number of aryl methyl sites for hydroxylation is 1. The molecule has 1 aliphatic rings. The number of sulfone groups is 1. The molecule has 0 saturated carbocycles. The number of hydrogen-bond acceptors (Lipinski definition) is 8. The lowest BCUT2D eigenvalue weighted by Gasteiger charge is -2.31. The molecule has 0 spiro atoms. The van der Waals surface area contributed by atoms with Crippen molar-refractivity contribution < 1.29 is 17.5 Å². The van der Waals surface area contributed by atoms with Crippen LogP contribution in [0.3, 0.4) is 0 Å². The van der Waals surface area contributed by atoms with Crippen LogP contribution < -0.4 is 9.64 Å². The highest BCUT2D eigenvalue weighted by atomic mass is 32.2. The second kappa shape index (κ2) is 9.50. The molecule has 0 bridgehead atoms. The maximum atomic E-state index is 14.2. The van der Waals surface area contributed by atoms with Crippen LogP contribution >= 0.6 is 11.3 Å². The van der Waals surface area contributed by atoms with Crippen LogP contribution in [-0.4, -0.2) is 42.7 Å². The summed E-state index contributed by atoms with van der Waals surface area (Å²) in [6.45, 7) is 3.96. The van der Waals surface area contributed by atoms with Crippen molar-refractivity contribution in [2.45, 2.75) is 43.6 Å². The number of thiazole rings is 1. The van der Waals surface area contributed by atoms with E-state index in [9.17, 15) is 12.8 Å². The van der Waals surface area contributed by atoms with E-state index in [0.717, 1.165) is 66.9 Å². The topological polar surface area (TPSA) is 85.3 Å². The van der Waals surface area contributed by atoms with Gasteiger partial charge in [0, 0.05) is 43.0 Å². The lowest BCUT2D eigenvalue weighted by atomic mass is 9.98. The van der Waals surface area contributed by atoms with E-state index >= 15 is 0 Å². The van der Waals surface area contributed by atoms with E-state index in [-0.39, 0.29) is 17.3 Å². The largest absolute Gasteiger partial charge is 0.484 e. The zero-order valence-corrected chi connectivity index (χ0v) is 19.6. The van der Waals surface area contributed by atoms with Crippen LogP contribution in [0.5, 0.6) is 5.75 Å². The Morgan fingerprint density at radius 3 is 2.56 bits per heavy atom. The Labute approximate surface area is 191 Å². The summed E-state index contributed by atoms with van der Waals surface area (Å²) >= 11 is 1.59. The van der Waals surface area contributed by atoms with Crippen LogP contribution in [0.1, 0.15) is 41.9 Å². The molecule has 3 heterocycles. The van der Waals surface area contributed by atoms with E-state index in [2.05, 4.69) is 26.8 Å². The Morgan fingerprint density at radius 2 is 1.94 bits per heavy atom. The Balaban J connectivity index is 1.32. The summed E-state index contributed by atoms with van der Waals surface area (Å²) in [4.78, 5) is 15.8.